The average molecular weight is 264 g/mol. The zero-order chi connectivity index (χ0) is 14.3. The lowest BCUT2D eigenvalue weighted by Gasteiger charge is -2.18. The van der Waals surface area contributed by atoms with Crippen LogP contribution in [0.25, 0.3) is 0 Å². The second-order valence-corrected chi connectivity index (χ2v) is 5.03. The molecule has 1 aromatic carbocycles. The number of nitrogens with one attached hydrogen (secondary N) is 1. The van der Waals surface area contributed by atoms with Gasteiger partial charge in [-0.3, -0.25) is 10.1 Å². The Morgan fingerprint density at radius 2 is 2.05 bits per heavy atom. The normalized spacial score (nSPS) is 12.4. The molecular weight excluding hydrogens is 240 g/mol. The van der Waals surface area contributed by atoms with E-state index in [1.807, 2.05) is 19.1 Å². The number of nitro groups is 1. The minimum absolute atomic E-state index is 0.249. The summed E-state index contributed by atoms with van der Waals surface area (Å²) in [6, 6.07) is 5.83. The minimum Gasteiger partial charge on any atom is -0.314 e. The zero-order valence-electron chi connectivity index (χ0n) is 12.1. The Bertz CT molecular complexity index is 419. The Kier molecular flexibility index (Phi) is 6.50. The second kappa shape index (κ2) is 7.89. The number of nitrogens with zero attached hydrogens (tertiary/aromatic N) is 1. The van der Waals surface area contributed by atoms with E-state index in [2.05, 4.69) is 19.2 Å². The Hall–Kier alpha value is -1.42. The van der Waals surface area contributed by atoms with Crippen LogP contribution in [-0.4, -0.2) is 17.5 Å². The van der Waals surface area contributed by atoms with Crippen molar-refractivity contribution in [2.75, 3.05) is 6.54 Å². The molecule has 0 aliphatic rings. The highest BCUT2D eigenvalue weighted by molar-refractivity contribution is 5.43. The van der Waals surface area contributed by atoms with Gasteiger partial charge >= 0.3 is 0 Å². The first-order chi connectivity index (χ1) is 9.08. The van der Waals surface area contributed by atoms with Crippen molar-refractivity contribution in [3.63, 3.8) is 0 Å². The molecule has 1 aromatic rings. The van der Waals surface area contributed by atoms with Crippen LogP contribution in [0.2, 0.25) is 0 Å². The summed E-state index contributed by atoms with van der Waals surface area (Å²) in [7, 11) is 0. The standard InChI is InChI=1S/C15H24N2O2/c1-4-6-14(16-9-5-2)11-13-8-7-12(3)10-15(13)17(18)19/h7-8,10,14,16H,4-6,9,11H2,1-3H3. The van der Waals surface area contributed by atoms with E-state index in [0.717, 1.165) is 43.4 Å². The molecule has 1 unspecified atom stereocenters. The van der Waals surface area contributed by atoms with Gasteiger partial charge in [0.05, 0.1) is 4.92 Å². The van der Waals surface area contributed by atoms with E-state index >= 15 is 0 Å². The van der Waals surface area contributed by atoms with Crippen molar-refractivity contribution in [3.8, 4) is 0 Å². The number of hydrogen-bond donors (Lipinski definition) is 1. The summed E-state index contributed by atoms with van der Waals surface area (Å²) < 4.78 is 0. The topological polar surface area (TPSA) is 55.2 Å². The van der Waals surface area contributed by atoms with Crippen molar-refractivity contribution in [3.05, 3.63) is 39.4 Å². The van der Waals surface area contributed by atoms with Crippen LogP contribution in [0.5, 0.6) is 0 Å². The van der Waals surface area contributed by atoms with Gasteiger partial charge in [-0.1, -0.05) is 32.4 Å². The highest BCUT2D eigenvalue weighted by Gasteiger charge is 2.17. The van der Waals surface area contributed by atoms with Gasteiger partial charge in [-0.05, 0) is 38.3 Å². The SMILES string of the molecule is CCCNC(CCC)Cc1ccc(C)cc1[N+](=O)[O-]. The van der Waals surface area contributed by atoms with E-state index in [9.17, 15) is 10.1 Å². The van der Waals surface area contributed by atoms with Crippen LogP contribution in [0.3, 0.4) is 0 Å². The van der Waals surface area contributed by atoms with E-state index in [1.54, 1.807) is 6.07 Å². The maximum Gasteiger partial charge on any atom is 0.272 e. The lowest BCUT2D eigenvalue weighted by atomic mass is 9.99. The molecule has 1 N–H and O–H groups in total. The summed E-state index contributed by atoms with van der Waals surface area (Å²) in [6.45, 7) is 7.12. The first kappa shape index (κ1) is 15.6. The molecule has 0 aromatic heterocycles. The number of hydrogen-bond acceptors (Lipinski definition) is 3. The third-order valence-electron chi connectivity index (χ3n) is 3.22. The molecular formula is C15H24N2O2. The maximum absolute atomic E-state index is 11.1. The molecule has 0 heterocycles. The van der Waals surface area contributed by atoms with Crippen LogP contribution in [0.15, 0.2) is 18.2 Å². The highest BCUT2D eigenvalue weighted by atomic mass is 16.6. The summed E-state index contributed by atoms with van der Waals surface area (Å²) in [4.78, 5) is 10.8. The third kappa shape index (κ3) is 4.99. The number of benzene rings is 1. The van der Waals surface area contributed by atoms with Crippen molar-refractivity contribution >= 4 is 5.69 Å². The van der Waals surface area contributed by atoms with Gasteiger partial charge in [0.15, 0.2) is 0 Å². The van der Waals surface area contributed by atoms with Crippen LogP contribution >= 0.6 is 0 Å². The molecule has 0 radical (unpaired) electrons. The molecule has 1 atom stereocenters. The van der Waals surface area contributed by atoms with E-state index < -0.39 is 0 Å². The summed E-state index contributed by atoms with van der Waals surface area (Å²) in [6.07, 6.45) is 3.94. The Morgan fingerprint density at radius 1 is 1.32 bits per heavy atom. The molecule has 19 heavy (non-hydrogen) atoms. The molecule has 0 aliphatic carbocycles. The molecule has 1 rings (SSSR count). The molecule has 4 nitrogen and oxygen atoms in total. The van der Waals surface area contributed by atoms with E-state index in [4.69, 9.17) is 0 Å². The van der Waals surface area contributed by atoms with Gasteiger partial charge in [0.25, 0.3) is 5.69 Å². The van der Waals surface area contributed by atoms with E-state index in [0.29, 0.717) is 6.04 Å². The van der Waals surface area contributed by atoms with Gasteiger partial charge in [-0.25, -0.2) is 0 Å². The van der Waals surface area contributed by atoms with E-state index in [-0.39, 0.29) is 10.6 Å². The molecule has 0 aliphatic heterocycles. The van der Waals surface area contributed by atoms with Crippen molar-refractivity contribution in [1.82, 2.24) is 5.32 Å². The average Bonchev–Trinajstić information content (AvgIpc) is 2.38. The fourth-order valence-electron chi connectivity index (χ4n) is 2.26. The monoisotopic (exact) mass is 264 g/mol. The largest absolute Gasteiger partial charge is 0.314 e. The summed E-state index contributed by atoms with van der Waals surface area (Å²) >= 11 is 0. The summed E-state index contributed by atoms with van der Waals surface area (Å²) in [5, 5.41) is 14.6. The molecule has 0 saturated heterocycles. The molecule has 0 fully saturated rings. The molecule has 106 valence electrons. The fraction of sp³-hybridized carbons (Fsp3) is 0.600. The quantitative estimate of drug-likeness (QED) is 0.576. The number of nitro benzene ring substituents is 1. The van der Waals surface area contributed by atoms with Gasteiger partial charge in [0.2, 0.25) is 0 Å². The highest BCUT2D eigenvalue weighted by Crippen LogP contribution is 2.22. The Morgan fingerprint density at radius 3 is 2.63 bits per heavy atom. The van der Waals surface area contributed by atoms with Crippen LogP contribution in [0, 0.1) is 17.0 Å². The van der Waals surface area contributed by atoms with E-state index in [1.165, 1.54) is 0 Å². The number of aryl methyl sites for hydroxylation is 1. The van der Waals surface area contributed by atoms with Crippen LogP contribution in [0.4, 0.5) is 5.69 Å². The minimum atomic E-state index is -0.273. The van der Waals surface area contributed by atoms with Crippen molar-refractivity contribution in [2.45, 2.75) is 52.5 Å². The van der Waals surface area contributed by atoms with Gasteiger partial charge < -0.3 is 5.32 Å². The lowest BCUT2D eigenvalue weighted by molar-refractivity contribution is -0.385. The third-order valence-corrected chi connectivity index (χ3v) is 3.22. The predicted molar refractivity (Wildman–Crippen MR) is 78.5 cm³/mol. The summed E-state index contributed by atoms with van der Waals surface area (Å²) in [5.41, 5.74) is 2.01. The summed E-state index contributed by atoms with van der Waals surface area (Å²) in [5.74, 6) is 0. The molecule has 4 heteroatoms. The van der Waals surface area contributed by atoms with Crippen LogP contribution in [-0.2, 0) is 6.42 Å². The van der Waals surface area contributed by atoms with Crippen LogP contribution < -0.4 is 5.32 Å². The second-order valence-electron chi connectivity index (χ2n) is 5.03. The smallest absolute Gasteiger partial charge is 0.272 e. The zero-order valence-corrected chi connectivity index (χ0v) is 12.1. The molecule has 0 amide bonds. The van der Waals surface area contributed by atoms with Crippen LogP contribution in [0.1, 0.15) is 44.2 Å². The molecule has 0 saturated carbocycles. The maximum atomic E-state index is 11.1. The number of rotatable bonds is 8. The lowest BCUT2D eigenvalue weighted by Crippen LogP contribution is -2.31. The fourth-order valence-corrected chi connectivity index (χ4v) is 2.26. The van der Waals surface area contributed by atoms with Gasteiger partial charge in [0.1, 0.15) is 0 Å². The van der Waals surface area contributed by atoms with Crippen molar-refractivity contribution < 1.29 is 4.92 Å². The molecule has 0 bridgehead atoms. The van der Waals surface area contributed by atoms with Crippen molar-refractivity contribution in [2.24, 2.45) is 0 Å². The first-order valence-electron chi connectivity index (χ1n) is 7.05. The first-order valence-corrected chi connectivity index (χ1v) is 7.05. The van der Waals surface area contributed by atoms with Gasteiger partial charge in [-0.2, -0.15) is 0 Å². The van der Waals surface area contributed by atoms with Gasteiger partial charge in [-0.15, -0.1) is 0 Å². The van der Waals surface area contributed by atoms with Gasteiger partial charge in [0, 0.05) is 17.7 Å². The Labute approximate surface area is 115 Å². The van der Waals surface area contributed by atoms with Crippen molar-refractivity contribution in [1.29, 1.82) is 0 Å². The predicted octanol–water partition coefficient (Wildman–Crippen LogP) is 3.61. The Balaban J connectivity index is 2.85. The molecule has 0 spiro atoms.